The fourth-order valence-corrected chi connectivity index (χ4v) is 2.84. The van der Waals surface area contributed by atoms with E-state index in [1.165, 1.54) is 6.07 Å². The first-order chi connectivity index (χ1) is 12.2. The lowest BCUT2D eigenvalue weighted by atomic mass is 9.98. The number of aliphatic carboxylic acids is 1. The summed E-state index contributed by atoms with van der Waals surface area (Å²) in [5.74, 6) is -2.25. The number of phenols is 1. The molecule has 0 bridgehead atoms. The lowest BCUT2D eigenvalue weighted by Crippen LogP contribution is -2.51. The summed E-state index contributed by atoms with van der Waals surface area (Å²) in [6, 6.07) is 1.98. The molecular formula is C19H22NO6-. The summed E-state index contributed by atoms with van der Waals surface area (Å²) in [6.07, 6.45) is 0.253. The van der Waals surface area contributed by atoms with E-state index in [0.29, 0.717) is 22.9 Å². The SMILES string of the molecule is CC[C@@H](C)[C@H](NC(=O)Cc1c(C)c2ccc(O)c(C)c2oc1=O)C(=O)[O-]. The third-order valence-electron chi connectivity index (χ3n) is 4.80. The van der Waals surface area contributed by atoms with Crippen LogP contribution < -0.4 is 16.0 Å². The number of aryl methyl sites for hydroxylation is 2. The van der Waals surface area contributed by atoms with Crippen LogP contribution >= 0.6 is 0 Å². The van der Waals surface area contributed by atoms with E-state index in [0.717, 1.165) is 0 Å². The summed E-state index contributed by atoms with van der Waals surface area (Å²) >= 11 is 0. The van der Waals surface area contributed by atoms with Crippen LogP contribution in [0.2, 0.25) is 0 Å². The molecule has 0 aliphatic heterocycles. The number of carboxylic acids is 1. The van der Waals surface area contributed by atoms with Gasteiger partial charge in [-0.2, -0.15) is 0 Å². The molecule has 1 aromatic carbocycles. The minimum absolute atomic E-state index is 0.0101. The van der Waals surface area contributed by atoms with Crippen molar-refractivity contribution >= 4 is 22.8 Å². The van der Waals surface area contributed by atoms with Gasteiger partial charge < -0.3 is 24.7 Å². The van der Waals surface area contributed by atoms with Crippen LogP contribution in [0.3, 0.4) is 0 Å². The molecule has 1 heterocycles. The first kappa shape index (κ1) is 19.5. The zero-order valence-electron chi connectivity index (χ0n) is 15.2. The van der Waals surface area contributed by atoms with Gasteiger partial charge in [0.05, 0.1) is 24.0 Å². The van der Waals surface area contributed by atoms with Crippen molar-refractivity contribution < 1.29 is 24.2 Å². The maximum absolute atomic E-state index is 12.3. The van der Waals surface area contributed by atoms with Gasteiger partial charge in [-0.1, -0.05) is 20.3 Å². The number of rotatable bonds is 6. The predicted molar refractivity (Wildman–Crippen MR) is 93.7 cm³/mol. The van der Waals surface area contributed by atoms with Crippen LogP contribution in [0.25, 0.3) is 11.0 Å². The van der Waals surface area contributed by atoms with E-state index in [2.05, 4.69) is 5.32 Å². The number of hydrogen-bond acceptors (Lipinski definition) is 6. The standard InChI is InChI=1S/C19H23NO6/c1-5-9(2)16(18(23)24)20-15(22)8-13-10(3)12-6-7-14(21)11(4)17(12)26-19(13)25/h6-7,9,16,21H,5,8H2,1-4H3,(H,20,22)(H,23,24)/p-1/t9-,16+/m1/s1. The van der Waals surface area contributed by atoms with Crippen molar-refractivity contribution in [2.24, 2.45) is 5.92 Å². The lowest BCUT2D eigenvalue weighted by Gasteiger charge is -2.25. The van der Waals surface area contributed by atoms with Gasteiger partial charge in [-0.3, -0.25) is 4.79 Å². The van der Waals surface area contributed by atoms with E-state index >= 15 is 0 Å². The number of amides is 1. The molecule has 2 aromatic rings. The number of carbonyl (C=O) groups is 2. The predicted octanol–water partition coefficient (Wildman–Crippen LogP) is 0.939. The average molecular weight is 360 g/mol. The molecule has 0 saturated heterocycles. The number of phenolic OH excluding ortho intramolecular Hbond substituents is 1. The molecule has 7 heteroatoms. The third-order valence-corrected chi connectivity index (χ3v) is 4.80. The zero-order valence-corrected chi connectivity index (χ0v) is 15.2. The molecule has 0 saturated carbocycles. The molecular weight excluding hydrogens is 338 g/mol. The van der Waals surface area contributed by atoms with Crippen molar-refractivity contribution in [1.82, 2.24) is 5.32 Å². The largest absolute Gasteiger partial charge is 0.548 e. The highest BCUT2D eigenvalue weighted by Gasteiger charge is 2.22. The van der Waals surface area contributed by atoms with Gasteiger partial charge in [0.1, 0.15) is 11.3 Å². The Morgan fingerprint density at radius 1 is 1.27 bits per heavy atom. The molecule has 140 valence electrons. The van der Waals surface area contributed by atoms with Crippen molar-refractivity contribution in [1.29, 1.82) is 0 Å². The van der Waals surface area contributed by atoms with Crippen molar-refractivity contribution in [3.05, 3.63) is 39.2 Å². The number of nitrogens with one attached hydrogen (secondary N) is 1. The molecule has 0 radical (unpaired) electrons. The number of carbonyl (C=O) groups excluding carboxylic acids is 2. The van der Waals surface area contributed by atoms with Crippen LogP contribution in [0.5, 0.6) is 5.75 Å². The molecule has 0 unspecified atom stereocenters. The Morgan fingerprint density at radius 3 is 2.50 bits per heavy atom. The summed E-state index contributed by atoms with van der Waals surface area (Å²) in [4.78, 5) is 35.8. The van der Waals surface area contributed by atoms with Gasteiger partial charge in [0.25, 0.3) is 0 Å². The Morgan fingerprint density at radius 2 is 1.92 bits per heavy atom. The first-order valence-electron chi connectivity index (χ1n) is 8.42. The molecule has 0 aliphatic carbocycles. The molecule has 7 nitrogen and oxygen atoms in total. The van der Waals surface area contributed by atoms with Crippen LogP contribution in [0.15, 0.2) is 21.3 Å². The van der Waals surface area contributed by atoms with E-state index < -0.39 is 23.5 Å². The maximum atomic E-state index is 12.3. The van der Waals surface area contributed by atoms with E-state index in [4.69, 9.17) is 4.42 Å². The van der Waals surface area contributed by atoms with Crippen LogP contribution in [-0.2, 0) is 16.0 Å². The highest BCUT2D eigenvalue weighted by molar-refractivity contribution is 5.88. The van der Waals surface area contributed by atoms with Gasteiger partial charge in [-0.05, 0) is 37.5 Å². The maximum Gasteiger partial charge on any atom is 0.340 e. The monoisotopic (exact) mass is 360 g/mol. The fourth-order valence-electron chi connectivity index (χ4n) is 2.84. The Bertz CT molecular complexity index is 914. The third kappa shape index (κ3) is 3.71. The highest BCUT2D eigenvalue weighted by Crippen LogP contribution is 2.28. The van der Waals surface area contributed by atoms with Gasteiger partial charge in [0, 0.05) is 10.9 Å². The first-order valence-corrected chi connectivity index (χ1v) is 8.42. The number of benzene rings is 1. The van der Waals surface area contributed by atoms with Crippen molar-refractivity contribution in [3.63, 3.8) is 0 Å². The van der Waals surface area contributed by atoms with Crippen molar-refractivity contribution in [3.8, 4) is 5.75 Å². The molecule has 0 aliphatic rings. The van der Waals surface area contributed by atoms with Crippen molar-refractivity contribution in [2.45, 2.75) is 46.6 Å². The Balaban J connectivity index is 2.36. The van der Waals surface area contributed by atoms with Gasteiger partial charge in [-0.25, -0.2) is 4.79 Å². The fraction of sp³-hybridized carbons (Fsp3) is 0.421. The number of carboxylic acid groups (broad SMARTS) is 1. The van der Waals surface area contributed by atoms with E-state index in [1.54, 1.807) is 26.8 Å². The molecule has 2 rings (SSSR count). The summed E-state index contributed by atoms with van der Waals surface area (Å²) in [7, 11) is 0. The van der Waals surface area contributed by atoms with E-state index in [9.17, 15) is 24.6 Å². The molecule has 26 heavy (non-hydrogen) atoms. The lowest BCUT2D eigenvalue weighted by molar-refractivity contribution is -0.309. The second kappa shape index (κ2) is 7.59. The smallest absolute Gasteiger partial charge is 0.340 e. The van der Waals surface area contributed by atoms with Gasteiger partial charge in [-0.15, -0.1) is 0 Å². The average Bonchev–Trinajstić information content (AvgIpc) is 2.59. The quantitative estimate of drug-likeness (QED) is 0.740. The summed E-state index contributed by atoms with van der Waals surface area (Å²) in [5.41, 5.74) is 0.730. The minimum Gasteiger partial charge on any atom is -0.548 e. The van der Waals surface area contributed by atoms with E-state index in [-0.39, 0.29) is 29.2 Å². The molecule has 1 amide bonds. The normalized spacial score (nSPS) is 13.4. The van der Waals surface area contributed by atoms with E-state index in [1.807, 2.05) is 6.92 Å². The topological polar surface area (TPSA) is 120 Å². The second-order valence-electron chi connectivity index (χ2n) is 6.51. The van der Waals surface area contributed by atoms with Crippen LogP contribution in [0, 0.1) is 19.8 Å². The summed E-state index contributed by atoms with van der Waals surface area (Å²) in [6.45, 7) is 6.82. The Labute approximate surface area is 150 Å². The van der Waals surface area contributed by atoms with Crippen LogP contribution in [0.1, 0.15) is 37.0 Å². The number of hydrogen-bond donors (Lipinski definition) is 2. The minimum atomic E-state index is -1.36. The Hall–Kier alpha value is -2.83. The second-order valence-corrected chi connectivity index (χ2v) is 6.51. The molecule has 1 aromatic heterocycles. The molecule has 2 atom stereocenters. The number of fused-ring (bicyclic) bond motifs is 1. The van der Waals surface area contributed by atoms with Gasteiger partial charge >= 0.3 is 5.63 Å². The number of aromatic hydroxyl groups is 1. The molecule has 0 fully saturated rings. The molecule has 2 N–H and O–H groups in total. The summed E-state index contributed by atoms with van der Waals surface area (Å²) in [5, 5.41) is 24.0. The van der Waals surface area contributed by atoms with Crippen LogP contribution in [-0.4, -0.2) is 23.0 Å². The van der Waals surface area contributed by atoms with Crippen LogP contribution in [0.4, 0.5) is 0 Å². The molecule has 0 spiro atoms. The zero-order chi connectivity index (χ0) is 19.6. The van der Waals surface area contributed by atoms with Gasteiger partial charge in [0.2, 0.25) is 5.91 Å². The summed E-state index contributed by atoms with van der Waals surface area (Å²) < 4.78 is 5.28. The highest BCUT2D eigenvalue weighted by atomic mass is 16.4. The Kier molecular flexibility index (Phi) is 5.69. The van der Waals surface area contributed by atoms with Crippen molar-refractivity contribution in [2.75, 3.05) is 0 Å². The van der Waals surface area contributed by atoms with Gasteiger partial charge in [0.15, 0.2) is 0 Å².